The van der Waals surface area contributed by atoms with Gasteiger partial charge >= 0.3 is 0 Å². The van der Waals surface area contributed by atoms with Crippen LogP contribution >= 0.6 is 0 Å². The van der Waals surface area contributed by atoms with Crippen LogP contribution < -0.4 is 10.3 Å². The highest BCUT2D eigenvalue weighted by Gasteiger charge is 2.29. The average molecular weight is 498 g/mol. The van der Waals surface area contributed by atoms with Gasteiger partial charge in [-0.2, -0.15) is 0 Å². The molecule has 0 atom stereocenters. The molecule has 0 radical (unpaired) electrons. The smallest absolute Gasteiger partial charge is 0.284 e. The fourth-order valence-corrected chi connectivity index (χ4v) is 4.52. The number of rotatable bonds is 5. The second-order valence-corrected chi connectivity index (χ2v) is 8.95. The van der Waals surface area contributed by atoms with Gasteiger partial charge in [-0.1, -0.05) is 30.3 Å². The molecule has 1 fully saturated rings. The van der Waals surface area contributed by atoms with E-state index >= 15 is 0 Å². The van der Waals surface area contributed by atoms with Gasteiger partial charge in [0.15, 0.2) is 11.3 Å². The van der Waals surface area contributed by atoms with Gasteiger partial charge in [0.2, 0.25) is 0 Å². The third kappa shape index (κ3) is 4.80. The molecule has 1 aliphatic rings. The number of pyridine rings is 1. The summed E-state index contributed by atoms with van der Waals surface area (Å²) in [5, 5.41) is 0. The lowest BCUT2D eigenvalue weighted by Gasteiger charge is -2.34. The monoisotopic (exact) mass is 497 g/mol. The first-order valence-corrected chi connectivity index (χ1v) is 12.1. The zero-order chi connectivity index (χ0) is 25.9. The molecule has 3 heterocycles. The van der Waals surface area contributed by atoms with E-state index in [9.17, 15) is 14.4 Å². The summed E-state index contributed by atoms with van der Waals surface area (Å²) in [4.78, 5) is 52.0. The molecule has 2 amide bonds. The van der Waals surface area contributed by atoms with Crippen LogP contribution in [0.15, 0.2) is 71.7 Å². The van der Waals surface area contributed by atoms with Crippen molar-refractivity contribution in [1.82, 2.24) is 24.3 Å². The Labute approximate surface area is 213 Å². The minimum Gasteiger partial charge on any atom is -0.497 e. The molecule has 2 aromatic carbocycles. The molecule has 1 saturated heterocycles. The molecule has 0 spiro atoms. The van der Waals surface area contributed by atoms with Crippen molar-refractivity contribution < 1.29 is 14.3 Å². The van der Waals surface area contributed by atoms with Crippen LogP contribution in [0.5, 0.6) is 5.75 Å². The van der Waals surface area contributed by atoms with E-state index < -0.39 is 11.5 Å². The molecule has 5 rings (SSSR count). The predicted molar refractivity (Wildman–Crippen MR) is 139 cm³/mol. The molecular weight excluding hydrogens is 470 g/mol. The van der Waals surface area contributed by atoms with Crippen LogP contribution in [0.1, 0.15) is 32.0 Å². The lowest BCUT2D eigenvalue weighted by atomic mass is 10.1. The summed E-state index contributed by atoms with van der Waals surface area (Å²) in [5.74, 6) is 0.217. The quantitative estimate of drug-likeness (QED) is 0.421. The summed E-state index contributed by atoms with van der Waals surface area (Å²) in [5.41, 5.74) is 2.67. The van der Waals surface area contributed by atoms with E-state index in [1.54, 1.807) is 35.2 Å². The van der Waals surface area contributed by atoms with Gasteiger partial charge in [0.25, 0.3) is 17.4 Å². The molecule has 9 heteroatoms. The number of methoxy groups -OCH3 is 1. The Morgan fingerprint density at radius 1 is 0.892 bits per heavy atom. The number of hydrogen-bond acceptors (Lipinski definition) is 6. The third-order valence-electron chi connectivity index (χ3n) is 6.63. The molecule has 4 aromatic rings. The zero-order valence-corrected chi connectivity index (χ0v) is 20.8. The van der Waals surface area contributed by atoms with Crippen molar-refractivity contribution in [1.29, 1.82) is 0 Å². The lowest BCUT2D eigenvalue weighted by molar-refractivity contribution is 0.0530. The Kier molecular flexibility index (Phi) is 6.68. The fourth-order valence-electron chi connectivity index (χ4n) is 4.52. The Balaban J connectivity index is 1.39. The van der Waals surface area contributed by atoms with E-state index in [4.69, 9.17) is 4.74 Å². The van der Waals surface area contributed by atoms with Crippen LogP contribution in [0, 0.1) is 6.92 Å². The maximum Gasteiger partial charge on any atom is 0.284 e. The van der Waals surface area contributed by atoms with Crippen LogP contribution in [-0.2, 0) is 6.54 Å². The van der Waals surface area contributed by atoms with Crippen LogP contribution in [0.3, 0.4) is 0 Å². The third-order valence-corrected chi connectivity index (χ3v) is 6.63. The van der Waals surface area contributed by atoms with Crippen LogP contribution in [0.4, 0.5) is 0 Å². The van der Waals surface area contributed by atoms with Crippen molar-refractivity contribution in [3.63, 3.8) is 0 Å². The Hall–Kier alpha value is -4.53. The predicted octanol–water partition coefficient (Wildman–Crippen LogP) is 2.76. The first kappa shape index (κ1) is 24.2. The van der Waals surface area contributed by atoms with Crippen LogP contribution in [0.25, 0.3) is 11.2 Å². The van der Waals surface area contributed by atoms with Crippen molar-refractivity contribution in [2.45, 2.75) is 13.5 Å². The Morgan fingerprint density at radius 3 is 2.24 bits per heavy atom. The van der Waals surface area contributed by atoms with E-state index in [2.05, 4.69) is 9.97 Å². The van der Waals surface area contributed by atoms with Gasteiger partial charge < -0.3 is 14.5 Å². The lowest BCUT2D eigenvalue weighted by Crippen LogP contribution is -2.51. The molecule has 0 aliphatic carbocycles. The molecule has 0 bridgehead atoms. The van der Waals surface area contributed by atoms with Gasteiger partial charge in [0, 0.05) is 37.9 Å². The molecule has 0 saturated carbocycles. The van der Waals surface area contributed by atoms with Gasteiger partial charge in [0.1, 0.15) is 11.3 Å². The number of piperazine rings is 1. The number of ether oxygens (including phenoxy) is 1. The number of carbonyl (C=O) groups excluding carboxylic acids is 2. The number of benzene rings is 2. The first-order chi connectivity index (χ1) is 18.0. The van der Waals surface area contributed by atoms with Crippen LogP contribution in [-0.4, -0.2) is 69.4 Å². The highest BCUT2D eigenvalue weighted by molar-refractivity contribution is 5.96. The number of carbonyl (C=O) groups is 2. The van der Waals surface area contributed by atoms with E-state index in [-0.39, 0.29) is 18.1 Å². The molecule has 0 unspecified atom stereocenters. The minimum atomic E-state index is -0.495. The van der Waals surface area contributed by atoms with Crippen molar-refractivity contribution >= 4 is 23.0 Å². The van der Waals surface area contributed by atoms with Gasteiger partial charge in [-0.15, -0.1) is 0 Å². The van der Waals surface area contributed by atoms with Gasteiger partial charge in [-0.05, 0) is 48.4 Å². The number of aromatic nitrogens is 3. The van der Waals surface area contributed by atoms with Crippen molar-refractivity contribution in [2.75, 3.05) is 33.3 Å². The Bertz CT molecular complexity index is 1520. The zero-order valence-electron chi connectivity index (χ0n) is 20.8. The topological polar surface area (TPSA) is 97.6 Å². The largest absolute Gasteiger partial charge is 0.497 e. The SMILES string of the molecule is COc1ccc(Cn2c(=O)c(C(=O)N3CCN(C(=O)c4ccccc4C)CC3)nc3cccnc32)cc1. The average Bonchev–Trinajstić information content (AvgIpc) is 2.94. The molecule has 188 valence electrons. The molecular formula is C28H27N5O4. The molecule has 0 N–H and O–H groups in total. The second-order valence-electron chi connectivity index (χ2n) is 8.95. The van der Waals surface area contributed by atoms with Gasteiger partial charge in [0.05, 0.1) is 13.7 Å². The first-order valence-electron chi connectivity index (χ1n) is 12.1. The summed E-state index contributed by atoms with van der Waals surface area (Å²) in [6.07, 6.45) is 1.60. The summed E-state index contributed by atoms with van der Waals surface area (Å²) in [6.45, 7) is 3.55. The Morgan fingerprint density at radius 2 is 1.57 bits per heavy atom. The maximum atomic E-state index is 13.5. The normalized spacial score (nSPS) is 13.6. The second kappa shape index (κ2) is 10.2. The minimum absolute atomic E-state index is 0.0537. The summed E-state index contributed by atoms with van der Waals surface area (Å²) in [7, 11) is 1.59. The summed E-state index contributed by atoms with van der Waals surface area (Å²) >= 11 is 0. The van der Waals surface area contributed by atoms with Crippen molar-refractivity contribution in [3.05, 3.63) is 99.6 Å². The van der Waals surface area contributed by atoms with E-state index in [1.807, 2.05) is 55.5 Å². The highest BCUT2D eigenvalue weighted by atomic mass is 16.5. The number of aryl methyl sites for hydroxylation is 1. The van der Waals surface area contributed by atoms with Crippen LogP contribution in [0.2, 0.25) is 0 Å². The standard InChI is InChI=1S/C28H27N5O4/c1-19-6-3-4-7-22(19)26(34)31-14-16-32(17-15-31)27(35)24-28(36)33(25-23(30-24)8-5-13-29-25)18-20-9-11-21(37-2)12-10-20/h3-13H,14-18H2,1-2H3. The number of fused-ring (bicyclic) bond motifs is 1. The van der Waals surface area contributed by atoms with E-state index in [0.717, 1.165) is 11.1 Å². The molecule has 2 aromatic heterocycles. The highest BCUT2D eigenvalue weighted by Crippen LogP contribution is 2.16. The molecule has 37 heavy (non-hydrogen) atoms. The van der Waals surface area contributed by atoms with Crippen molar-refractivity contribution in [2.24, 2.45) is 0 Å². The number of nitrogens with zero attached hydrogens (tertiary/aromatic N) is 5. The van der Waals surface area contributed by atoms with Gasteiger partial charge in [-0.3, -0.25) is 19.0 Å². The van der Waals surface area contributed by atoms with E-state index in [0.29, 0.717) is 48.7 Å². The van der Waals surface area contributed by atoms with E-state index in [1.165, 1.54) is 4.57 Å². The summed E-state index contributed by atoms with van der Waals surface area (Å²) in [6, 6.07) is 18.3. The summed E-state index contributed by atoms with van der Waals surface area (Å²) < 4.78 is 6.70. The number of amides is 2. The molecule has 1 aliphatic heterocycles. The maximum absolute atomic E-state index is 13.5. The van der Waals surface area contributed by atoms with Crippen molar-refractivity contribution in [3.8, 4) is 5.75 Å². The molecule has 9 nitrogen and oxygen atoms in total. The van der Waals surface area contributed by atoms with Gasteiger partial charge in [-0.25, -0.2) is 9.97 Å². The number of hydrogen-bond donors (Lipinski definition) is 0. The fraction of sp³-hybridized carbons (Fsp3) is 0.250.